The molecule has 0 aliphatic rings. The highest BCUT2D eigenvalue weighted by Gasteiger charge is 2.11. The average molecular weight is 276 g/mol. The number of hydrogen-bond donors (Lipinski definition) is 2. The van der Waals surface area contributed by atoms with Crippen molar-refractivity contribution in [1.82, 2.24) is 5.32 Å². The molecule has 0 radical (unpaired) electrons. The van der Waals surface area contributed by atoms with Gasteiger partial charge in [0.15, 0.2) is 0 Å². The van der Waals surface area contributed by atoms with E-state index in [1.165, 1.54) is 12.1 Å². The maximum Gasteiger partial charge on any atom is 0.254 e. The summed E-state index contributed by atoms with van der Waals surface area (Å²) in [5.41, 5.74) is 5.82. The summed E-state index contributed by atoms with van der Waals surface area (Å²) in [6.45, 7) is 5.04. The zero-order chi connectivity index (χ0) is 15.0. The van der Waals surface area contributed by atoms with Gasteiger partial charge in [-0.25, -0.2) is 4.39 Å². The lowest BCUT2D eigenvalue weighted by atomic mass is 10.1. The first-order chi connectivity index (χ1) is 9.54. The molecule has 0 saturated heterocycles. The monoisotopic (exact) mass is 276 g/mol. The molecule has 1 rings (SSSR count). The highest BCUT2D eigenvalue weighted by molar-refractivity contribution is 5.94. The van der Waals surface area contributed by atoms with E-state index in [0.29, 0.717) is 18.0 Å². The number of amides is 1. The Balaban J connectivity index is 2.60. The molecule has 0 atom stereocenters. The minimum Gasteiger partial charge on any atom is -0.352 e. The van der Waals surface area contributed by atoms with Gasteiger partial charge in [-0.1, -0.05) is 25.7 Å². The molecular formula is C16H21FN2O. The molecule has 0 aromatic heterocycles. The minimum absolute atomic E-state index is 0.0489. The summed E-state index contributed by atoms with van der Waals surface area (Å²) in [6, 6.07) is 4.33. The van der Waals surface area contributed by atoms with Crippen LogP contribution in [0.4, 0.5) is 4.39 Å². The number of benzene rings is 1. The van der Waals surface area contributed by atoms with E-state index in [9.17, 15) is 9.18 Å². The smallest absolute Gasteiger partial charge is 0.254 e. The standard InChI is InChI=1S/C16H21FN2O/c1-12(2)5-4-10-19-16(20)14-8-7-13(6-3-9-18)11-15(14)17/h7-8,11-12H,4-5,9-10,18H2,1-2H3,(H,19,20). The Bertz CT molecular complexity index is 515. The second-order valence-electron chi connectivity index (χ2n) is 4.99. The zero-order valence-electron chi connectivity index (χ0n) is 12.0. The second-order valence-corrected chi connectivity index (χ2v) is 4.99. The van der Waals surface area contributed by atoms with Crippen LogP contribution < -0.4 is 11.1 Å². The van der Waals surface area contributed by atoms with E-state index < -0.39 is 5.82 Å². The maximum absolute atomic E-state index is 13.8. The second kappa shape index (κ2) is 8.34. The fourth-order valence-corrected chi connectivity index (χ4v) is 1.74. The Kier molecular flexibility index (Phi) is 6.75. The van der Waals surface area contributed by atoms with Gasteiger partial charge in [-0.2, -0.15) is 0 Å². The predicted octanol–water partition coefficient (Wildman–Crippen LogP) is 2.30. The molecule has 1 amide bonds. The Morgan fingerprint density at radius 1 is 1.45 bits per heavy atom. The normalized spacial score (nSPS) is 10.1. The highest BCUT2D eigenvalue weighted by atomic mass is 19.1. The summed E-state index contributed by atoms with van der Waals surface area (Å²) in [5.74, 6) is 5.03. The average Bonchev–Trinajstić information content (AvgIpc) is 2.41. The molecule has 0 aliphatic carbocycles. The number of hydrogen-bond acceptors (Lipinski definition) is 2. The van der Waals surface area contributed by atoms with Crippen molar-refractivity contribution in [3.05, 3.63) is 35.1 Å². The molecule has 108 valence electrons. The van der Waals surface area contributed by atoms with Crippen LogP contribution in [0.15, 0.2) is 18.2 Å². The summed E-state index contributed by atoms with van der Waals surface area (Å²) in [6.07, 6.45) is 1.93. The quantitative estimate of drug-likeness (QED) is 0.640. The first-order valence-electron chi connectivity index (χ1n) is 6.81. The Morgan fingerprint density at radius 2 is 2.20 bits per heavy atom. The van der Waals surface area contributed by atoms with Gasteiger partial charge in [-0.15, -0.1) is 0 Å². The third kappa shape index (κ3) is 5.41. The van der Waals surface area contributed by atoms with Gasteiger partial charge in [0.1, 0.15) is 5.82 Å². The van der Waals surface area contributed by atoms with Crippen LogP contribution in [0, 0.1) is 23.6 Å². The van der Waals surface area contributed by atoms with E-state index in [1.54, 1.807) is 6.07 Å². The van der Waals surface area contributed by atoms with Crippen molar-refractivity contribution in [1.29, 1.82) is 0 Å². The van der Waals surface area contributed by atoms with Crippen LogP contribution in [0.2, 0.25) is 0 Å². The van der Waals surface area contributed by atoms with Crippen molar-refractivity contribution in [3.8, 4) is 11.8 Å². The first kappa shape index (κ1) is 16.2. The lowest BCUT2D eigenvalue weighted by Gasteiger charge is -2.07. The SMILES string of the molecule is CC(C)CCCNC(=O)c1ccc(C#CCN)cc1F. The van der Waals surface area contributed by atoms with Crippen LogP contribution in [0.5, 0.6) is 0 Å². The van der Waals surface area contributed by atoms with Gasteiger partial charge in [-0.05, 0) is 37.0 Å². The molecule has 0 bridgehead atoms. The van der Waals surface area contributed by atoms with Crippen LogP contribution in [0.25, 0.3) is 0 Å². The number of carbonyl (C=O) groups excluding carboxylic acids is 1. The Morgan fingerprint density at radius 3 is 2.80 bits per heavy atom. The van der Waals surface area contributed by atoms with Gasteiger partial charge < -0.3 is 11.1 Å². The molecule has 0 heterocycles. The van der Waals surface area contributed by atoms with Gasteiger partial charge >= 0.3 is 0 Å². The number of halogens is 1. The number of nitrogens with one attached hydrogen (secondary N) is 1. The highest BCUT2D eigenvalue weighted by Crippen LogP contribution is 2.10. The summed E-state index contributed by atoms with van der Waals surface area (Å²) < 4.78 is 13.8. The van der Waals surface area contributed by atoms with Gasteiger partial charge in [0.05, 0.1) is 12.1 Å². The van der Waals surface area contributed by atoms with Crippen molar-refractivity contribution in [2.75, 3.05) is 13.1 Å². The molecule has 20 heavy (non-hydrogen) atoms. The molecule has 1 aromatic carbocycles. The van der Waals surface area contributed by atoms with E-state index in [0.717, 1.165) is 12.8 Å². The van der Waals surface area contributed by atoms with Crippen LogP contribution in [0.3, 0.4) is 0 Å². The van der Waals surface area contributed by atoms with Gasteiger partial charge in [0.2, 0.25) is 0 Å². The van der Waals surface area contributed by atoms with E-state index in [-0.39, 0.29) is 18.0 Å². The van der Waals surface area contributed by atoms with Crippen LogP contribution >= 0.6 is 0 Å². The number of nitrogens with two attached hydrogens (primary N) is 1. The third-order valence-corrected chi connectivity index (χ3v) is 2.79. The summed E-state index contributed by atoms with van der Waals surface area (Å²) in [5, 5.41) is 2.72. The van der Waals surface area contributed by atoms with Gasteiger partial charge in [0.25, 0.3) is 5.91 Å². The number of carbonyl (C=O) groups is 1. The fraction of sp³-hybridized carbons (Fsp3) is 0.438. The van der Waals surface area contributed by atoms with Crippen molar-refractivity contribution < 1.29 is 9.18 Å². The molecular weight excluding hydrogens is 255 g/mol. The number of rotatable bonds is 5. The van der Waals surface area contributed by atoms with Gasteiger partial charge in [-0.3, -0.25) is 4.79 Å². The van der Waals surface area contributed by atoms with Gasteiger partial charge in [0, 0.05) is 12.1 Å². The van der Waals surface area contributed by atoms with Crippen LogP contribution in [0.1, 0.15) is 42.6 Å². The van der Waals surface area contributed by atoms with Crippen molar-refractivity contribution in [3.63, 3.8) is 0 Å². The summed E-state index contributed by atoms with van der Waals surface area (Å²) >= 11 is 0. The van der Waals surface area contributed by atoms with E-state index in [2.05, 4.69) is 31.0 Å². The molecule has 0 spiro atoms. The van der Waals surface area contributed by atoms with E-state index >= 15 is 0 Å². The lowest BCUT2D eigenvalue weighted by molar-refractivity contribution is 0.0948. The molecule has 3 N–H and O–H groups in total. The minimum atomic E-state index is -0.560. The van der Waals surface area contributed by atoms with Crippen LogP contribution in [-0.2, 0) is 0 Å². The Hall–Kier alpha value is -1.86. The summed E-state index contributed by atoms with van der Waals surface area (Å²) in [4.78, 5) is 11.8. The maximum atomic E-state index is 13.8. The molecule has 0 fully saturated rings. The largest absolute Gasteiger partial charge is 0.352 e. The molecule has 4 heteroatoms. The lowest BCUT2D eigenvalue weighted by Crippen LogP contribution is -2.25. The molecule has 0 unspecified atom stereocenters. The molecule has 1 aromatic rings. The molecule has 0 aliphatic heterocycles. The Labute approximate surface area is 119 Å². The molecule has 3 nitrogen and oxygen atoms in total. The van der Waals surface area contributed by atoms with E-state index in [1.807, 2.05) is 0 Å². The van der Waals surface area contributed by atoms with E-state index in [4.69, 9.17) is 5.73 Å². The van der Waals surface area contributed by atoms with Crippen molar-refractivity contribution >= 4 is 5.91 Å². The topological polar surface area (TPSA) is 55.1 Å². The van der Waals surface area contributed by atoms with Crippen molar-refractivity contribution in [2.24, 2.45) is 11.7 Å². The summed E-state index contributed by atoms with van der Waals surface area (Å²) in [7, 11) is 0. The zero-order valence-corrected chi connectivity index (χ0v) is 12.0. The van der Waals surface area contributed by atoms with Crippen molar-refractivity contribution in [2.45, 2.75) is 26.7 Å². The fourth-order valence-electron chi connectivity index (χ4n) is 1.74. The van der Waals surface area contributed by atoms with Crippen LogP contribution in [-0.4, -0.2) is 19.0 Å². The predicted molar refractivity (Wildman–Crippen MR) is 78.7 cm³/mol. The molecule has 0 saturated carbocycles. The first-order valence-corrected chi connectivity index (χ1v) is 6.81. The third-order valence-electron chi connectivity index (χ3n) is 2.79.